The molecule has 0 bridgehead atoms. The van der Waals surface area contributed by atoms with Crippen LogP contribution in [0.15, 0.2) is 0 Å². The summed E-state index contributed by atoms with van der Waals surface area (Å²) in [5, 5.41) is 0. The Kier molecular flexibility index (Phi) is 4.31. The van der Waals surface area contributed by atoms with Crippen LogP contribution in [0.2, 0.25) is 0 Å². The first-order chi connectivity index (χ1) is 8.27. The molecule has 3 heteroatoms. The van der Waals surface area contributed by atoms with Crippen LogP contribution in [0.4, 0.5) is 0 Å². The van der Waals surface area contributed by atoms with E-state index in [1.807, 2.05) is 13.8 Å². The first-order valence-corrected chi connectivity index (χ1v) is 9.58. The van der Waals surface area contributed by atoms with Crippen molar-refractivity contribution in [1.29, 1.82) is 0 Å². The molecule has 1 aliphatic rings. The number of rotatable bonds is 4. The van der Waals surface area contributed by atoms with Crippen molar-refractivity contribution < 1.29 is 10.6 Å². The van der Waals surface area contributed by atoms with Gasteiger partial charge in [-0.05, 0) is 38.7 Å². The first-order valence-electron chi connectivity index (χ1n) is 7.29. The van der Waals surface area contributed by atoms with Gasteiger partial charge in [-0.15, -0.1) is 0 Å². The van der Waals surface area contributed by atoms with E-state index in [0.29, 0.717) is 5.92 Å². The lowest BCUT2D eigenvalue weighted by atomic mass is 9.73. The van der Waals surface area contributed by atoms with Gasteiger partial charge in [0.2, 0.25) is 0 Å². The van der Waals surface area contributed by atoms with E-state index >= 15 is 0 Å². The summed E-state index contributed by atoms with van der Waals surface area (Å²) in [7, 11) is -1.58. The summed E-state index contributed by atoms with van der Waals surface area (Å²) in [5.41, 5.74) is -0.272. The molecule has 1 fully saturated rings. The second-order valence-electron chi connectivity index (χ2n) is 6.99. The number of ether oxygens (including phenoxy) is 1. The van der Waals surface area contributed by atoms with E-state index in [4.69, 9.17) is 10.6 Å². The molecule has 0 aromatic rings. The fourth-order valence-corrected chi connectivity index (χ4v) is 3.28. The largest absolute Gasteiger partial charge is 0.372 e. The monoisotopic (exact) mass is 276 g/mol. The average molecular weight is 276 g/mol. The van der Waals surface area contributed by atoms with Crippen molar-refractivity contribution in [3.05, 3.63) is 0 Å². The second kappa shape index (κ2) is 5.31. The van der Waals surface area contributed by atoms with Crippen LogP contribution in [0.25, 0.3) is 0 Å². The summed E-state index contributed by atoms with van der Waals surface area (Å²) in [6.07, 6.45) is 4.32. The highest BCUT2D eigenvalue weighted by Crippen LogP contribution is 2.49. The summed E-state index contributed by atoms with van der Waals surface area (Å²) in [6.45, 7) is 16.6. The van der Waals surface area contributed by atoms with Gasteiger partial charge in [0.05, 0.1) is 18.3 Å². The zero-order valence-corrected chi connectivity index (χ0v) is 14.2. The third-order valence-electron chi connectivity index (χ3n) is 4.33. The van der Waals surface area contributed by atoms with Crippen LogP contribution >= 0.6 is 7.11 Å². The molecule has 0 aromatic heterocycles. The van der Waals surface area contributed by atoms with E-state index in [1.165, 1.54) is 0 Å². The van der Waals surface area contributed by atoms with E-state index in [9.17, 15) is 0 Å². The van der Waals surface area contributed by atoms with E-state index in [1.54, 1.807) is 0 Å². The Hall–Kier alpha value is 0.220. The summed E-state index contributed by atoms with van der Waals surface area (Å²) in [5.74, 6) is -0.236. The molecule has 0 N–H and O–H groups in total. The van der Waals surface area contributed by atoms with E-state index in [-0.39, 0.29) is 23.7 Å². The summed E-state index contributed by atoms with van der Waals surface area (Å²) in [6, 6.07) is 0. The van der Waals surface area contributed by atoms with Gasteiger partial charge >= 0.3 is 0 Å². The lowest BCUT2D eigenvalue weighted by molar-refractivity contribution is -0.0650. The second-order valence-corrected chi connectivity index (χ2v) is 10.3. The molecular weight excluding hydrogens is 243 g/mol. The lowest BCUT2D eigenvalue weighted by Crippen LogP contribution is -2.42. The van der Waals surface area contributed by atoms with Gasteiger partial charge in [-0.3, -0.25) is 0 Å². The lowest BCUT2D eigenvalue weighted by Gasteiger charge is -2.39. The van der Waals surface area contributed by atoms with Crippen molar-refractivity contribution in [2.75, 3.05) is 13.3 Å². The molecule has 4 atom stereocenters. The summed E-state index contributed by atoms with van der Waals surface area (Å²) >= 11 is 0. The van der Waals surface area contributed by atoms with Gasteiger partial charge in [-0.2, -0.15) is 0 Å². The molecule has 1 heterocycles. The highest BCUT2D eigenvalue weighted by molar-refractivity contribution is 7.67. The Balaban J connectivity index is 3.08. The minimum atomic E-state index is -1.58. The molecule has 0 saturated carbocycles. The maximum atomic E-state index is 8.41. The van der Waals surface area contributed by atoms with Gasteiger partial charge in [-0.25, -0.2) is 0 Å². The van der Waals surface area contributed by atoms with Crippen LogP contribution in [-0.2, 0) is 9.26 Å². The van der Waals surface area contributed by atoms with Crippen molar-refractivity contribution in [2.24, 2.45) is 17.2 Å². The van der Waals surface area contributed by atoms with Gasteiger partial charge in [0.15, 0.2) is 0 Å². The van der Waals surface area contributed by atoms with Crippen molar-refractivity contribution in [1.82, 2.24) is 0 Å². The fourth-order valence-electron chi connectivity index (χ4n) is 2.32. The van der Waals surface area contributed by atoms with E-state index < -0.39 is 13.0 Å². The maximum Gasteiger partial charge on any atom is 0.0932 e. The molecule has 108 valence electrons. The Morgan fingerprint density at radius 1 is 1.33 bits per heavy atom. The maximum absolute atomic E-state index is 8.41. The Morgan fingerprint density at radius 3 is 2.22 bits per heavy atom. The molecule has 0 amide bonds. The molecule has 1 rings (SSSR count). The minimum Gasteiger partial charge on any atom is -0.372 e. The standard InChI is InChI=1S/C15H31O2P/c1-10(2)15(5,6)14-13(17-18(7,8)9)11(3)12(4)16-14/h10-14H,7H2,1-6,8-9H3/t11?,12?,13?,14-/m0/s1/i10T. The van der Waals surface area contributed by atoms with Gasteiger partial charge in [-0.1, -0.05) is 40.9 Å². The average Bonchev–Trinajstić information content (AvgIpc) is 2.42. The zero-order valence-electron chi connectivity index (χ0n) is 14.3. The van der Waals surface area contributed by atoms with Gasteiger partial charge < -0.3 is 9.26 Å². The van der Waals surface area contributed by atoms with Crippen LogP contribution < -0.4 is 0 Å². The van der Waals surface area contributed by atoms with Gasteiger partial charge in [0.1, 0.15) is 0 Å². The van der Waals surface area contributed by atoms with Crippen molar-refractivity contribution in [3.63, 3.8) is 0 Å². The molecule has 18 heavy (non-hydrogen) atoms. The first kappa shape index (κ1) is 14.6. The highest BCUT2D eigenvalue weighted by atomic mass is 31.2. The van der Waals surface area contributed by atoms with Gasteiger partial charge in [0, 0.05) is 7.29 Å². The smallest absolute Gasteiger partial charge is 0.0932 e. The molecule has 0 spiro atoms. The summed E-state index contributed by atoms with van der Waals surface area (Å²) < 4.78 is 20.8. The molecular formula is C15H31O2P. The molecule has 1 saturated heterocycles. The van der Waals surface area contributed by atoms with Crippen LogP contribution in [0.3, 0.4) is 0 Å². The van der Waals surface area contributed by atoms with Crippen molar-refractivity contribution in [2.45, 2.75) is 59.9 Å². The van der Waals surface area contributed by atoms with Crippen LogP contribution in [0, 0.1) is 17.2 Å². The topological polar surface area (TPSA) is 18.5 Å². The van der Waals surface area contributed by atoms with E-state index in [0.717, 1.165) is 0 Å². The van der Waals surface area contributed by atoms with Crippen LogP contribution in [-0.4, -0.2) is 37.9 Å². The van der Waals surface area contributed by atoms with Gasteiger partial charge in [0.25, 0.3) is 0 Å². The fraction of sp³-hybridized carbons (Fsp3) is 0.933. The Bertz CT molecular complexity index is 367. The molecule has 0 aliphatic carbocycles. The Morgan fingerprint density at radius 2 is 1.83 bits per heavy atom. The minimum absolute atomic E-state index is 0.0375. The molecule has 3 unspecified atom stereocenters. The van der Waals surface area contributed by atoms with Crippen LogP contribution in [0.1, 0.15) is 42.9 Å². The third kappa shape index (κ3) is 3.40. The third-order valence-corrected chi connectivity index (χ3v) is 5.14. The Labute approximate surface area is 115 Å². The normalized spacial score (nSPS) is 35.7. The quantitative estimate of drug-likeness (QED) is 0.720. The number of hydrogen-bond donors (Lipinski definition) is 0. The van der Waals surface area contributed by atoms with E-state index in [2.05, 4.69) is 47.3 Å². The summed E-state index contributed by atoms with van der Waals surface area (Å²) in [4.78, 5) is 0. The molecule has 2 nitrogen and oxygen atoms in total. The molecule has 0 radical (unpaired) electrons. The zero-order chi connectivity index (χ0) is 15.2. The predicted molar refractivity (Wildman–Crippen MR) is 82.9 cm³/mol. The molecule has 1 aliphatic heterocycles. The number of hydrogen-bond acceptors (Lipinski definition) is 2. The highest BCUT2D eigenvalue weighted by Gasteiger charge is 2.49. The molecule has 0 aromatic carbocycles. The van der Waals surface area contributed by atoms with Crippen molar-refractivity contribution >= 4 is 13.4 Å². The van der Waals surface area contributed by atoms with Crippen molar-refractivity contribution in [3.8, 4) is 0 Å². The predicted octanol–water partition coefficient (Wildman–Crippen LogP) is 4.10. The SMILES string of the molecule is [3H]C(C)(C)C(C)(C)[C@H]1OC(C)C(C)C1OP(=C)(C)C. The van der Waals surface area contributed by atoms with Crippen LogP contribution in [0.5, 0.6) is 0 Å².